The van der Waals surface area contributed by atoms with Crippen LogP contribution in [0.4, 0.5) is 4.39 Å². The van der Waals surface area contributed by atoms with Gasteiger partial charge in [0.25, 0.3) is 0 Å². The van der Waals surface area contributed by atoms with E-state index in [-0.39, 0.29) is 12.4 Å². The molecule has 0 aromatic heterocycles. The molecule has 0 aliphatic rings. The fraction of sp³-hybridized carbons (Fsp3) is 0.125. The van der Waals surface area contributed by atoms with Crippen LogP contribution in [0.15, 0.2) is 47.1 Å². The Morgan fingerprint density at radius 2 is 2.04 bits per heavy atom. The van der Waals surface area contributed by atoms with Crippen LogP contribution in [0.2, 0.25) is 0 Å². The van der Waals surface area contributed by atoms with Gasteiger partial charge in [-0.15, -0.1) is 0 Å². The first-order valence-electron chi connectivity index (χ1n) is 6.56. The standard InChI is InChI=1S/C16H13BrFNO4/c1-22-15-8-11(6-7-19(20)21)13(17)9-16(15)23-10-12-4-2-3-5-14(12)18/h2-9H,10H2,1H3/b7-6+. The molecule has 0 bridgehead atoms. The Hall–Kier alpha value is -2.41. The molecule has 0 aliphatic heterocycles. The third-order valence-corrected chi connectivity index (χ3v) is 3.69. The topological polar surface area (TPSA) is 61.6 Å². The van der Waals surface area contributed by atoms with Crippen molar-refractivity contribution in [3.05, 3.63) is 74.1 Å². The first-order valence-corrected chi connectivity index (χ1v) is 7.36. The number of nitro groups is 1. The summed E-state index contributed by atoms with van der Waals surface area (Å²) in [5.41, 5.74) is 0.986. The lowest BCUT2D eigenvalue weighted by molar-refractivity contribution is -0.400. The molecule has 0 atom stereocenters. The monoisotopic (exact) mass is 381 g/mol. The van der Waals surface area contributed by atoms with Crippen molar-refractivity contribution in [3.63, 3.8) is 0 Å². The normalized spacial score (nSPS) is 10.7. The van der Waals surface area contributed by atoms with Crippen LogP contribution in [0, 0.1) is 15.9 Å². The van der Waals surface area contributed by atoms with Crippen molar-refractivity contribution in [2.24, 2.45) is 0 Å². The second-order valence-corrected chi connectivity index (χ2v) is 5.36. The van der Waals surface area contributed by atoms with Crippen molar-refractivity contribution in [2.75, 3.05) is 7.11 Å². The Balaban J connectivity index is 2.23. The first kappa shape index (κ1) is 17.0. The molecule has 2 aromatic rings. The van der Waals surface area contributed by atoms with Gasteiger partial charge in [0.15, 0.2) is 11.5 Å². The summed E-state index contributed by atoms with van der Waals surface area (Å²) < 4.78 is 25.0. The van der Waals surface area contributed by atoms with Crippen LogP contribution in [0.25, 0.3) is 6.08 Å². The molecule has 0 saturated heterocycles. The Bertz CT molecular complexity index is 749. The van der Waals surface area contributed by atoms with E-state index in [2.05, 4.69) is 15.9 Å². The van der Waals surface area contributed by atoms with Gasteiger partial charge < -0.3 is 9.47 Å². The molecule has 0 heterocycles. The SMILES string of the molecule is COc1cc(/C=C/[N+](=O)[O-])c(Br)cc1OCc1ccccc1F. The van der Waals surface area contributed by atoms with Crippen molar-refractivity contribution in [3.8, 4) is 11.5 Å². The molecule has 2 aromatic carbocycles. The second-order valence-electron chi connectivity index (χ2n) is 4.51. The Morgan fingerprint density at radius 3 is 2.70 bits per heavy atom. The van der Waals surface area contributed by atoms with Gasteiger partial charge in [-0.25, -0.2) is 4.39 Å². The molecule has 7 heteroatoms. The number of nitrogens with zero attached hydrogens (tertiary/aromatic N) is 1. The van der Waals surface area contributed by atoms with Gasteiger partial charge in [-0.05, 0) is 23.8 Å². The molecule has 5 nitrogen and oxygen atoms in total. The third-order valence-electron chi connectivity index (χ3n) is 3.00. The summed E-state index contributed by atoms with van der Waals surface area (Å²) in [5.74, 6) is 0.449. The minimum absolute atomic E-state index is 0.0412. The van der Waals surface area contributed by atoms with Gasteiger partial charge in [0.1, 0.15) is 12.4 Å². The molecule has 0 aliphatic carbocycles. The maximum absolute atomic E-state index is 13.6. The zero-order chi connectivity index (χ0) is 16.8. The molecule has 0 unspecified atom stereocenters. The zero-order valence-corrected chi connectivity index (χ0v) is 13.7. The summed E-state index contributed by atoms with van der Waals surface area (Å²) in [6.45, 7) is 0.0412. The molecule has 0 fully saturated rings. The minimum atomic E-state index is -0.554. The summed E-state index contributed by atoms with van der Waals surface area (Å²) in [6, 6.07) is 9.54. The van der Waals surface area contributed by atoms with Gasteiger partial charge in [-0.2, -0.15) is 0 Å². The van der Waals surface area contributed by atoms with Gasteiger partial charge >= 0.3 is 0 Å². The summed E-state index contributed by atoms with van der Waals surface area (Å²) >= 11 is 3.32. The van der Waals surface area contributed by atoms with E-state index in [1.54, 1.807) is 30.3 Å². The molecular weight excluding hydrogens is 369 g/mol. The molecule has 0 spiro atoms. The Labute approximate surface area is 140 Å². The quantitative estimate of drug-likeness (QED) is 0.548. The van der Waals surface area contributed by atoms with E-state index in [1.807, 2.05) is 0 Å². The van der Waals surface area contributed by atoms with Crippen molar-refractivity contribution < 1.29 is 18.8 Å². The highest BCUT2D eigenvalue weighted by Crippen LogP contribution is 2.34. The number of methoxy groups -OCH3 is 1. The van der Waals surface area contributed by atoms with E-state index in [4.69, 9.17) is 9.47 Å². The molecule has 23 heavy (non-hydrogen) atoms. The number of rotatable bonds is 6. The fourth-order valence-corrected chi connectivity index (χ4v) is 2.32. The van der Waals surface area contributed by atoms with Gasteiger partial charge in [-0.3, -0.25) is 10.1 Å². The third kappa shape index (κ3) is 4.53. The van der Waals surface area contributed by atoms with Crippen molar-refractivity contribution in [1.29, 1.82) is 0 Å². The van der Waals surface area contributed by atoms with E-state index in [0.717, 1.165) is 6.20 Å². The number of hydrogen-bond acceptors (Lipinski definition) is 4. The predicted molar refractivity (Wildman–Crippen MR) is 87.5 cm³/mol. The summed E-state index contributed by atoms with van der Waals surface area (Å²) in [6.07, 6.45) is 2.17. The summed E-state index contributed by atoms with van der Waals surface area (Å²) in [7, 11) is 1.46. The van der Waals surface area contributed by atoms with Crippen LogP contribution < -0.4 is 9.47 Å². The lowest BCUT2D eigenvalue weighted by atomic mass is 10.2. The average molecular weight is 382 g/mol. The van der Waals surface area contributed by atoms with Crippen LogP contribution in [0.5, 0.6) is 11.5 Å². The van der Waals surface area contributed by atoms with Gasteiger partial charge in [-0.1, -0.05) is 34.1 Å². The number of ether oxygens (including phenoxy) is 2. The molecule has 0 radical (unpaired) electrons. The highest BCUT2D eigenvalue weighted by atomic mass is 79.9. The summed E-state index contributed by atoms with van der Waals surface area (Å²) in [5, 5.41) is 10.4. The van der Waals surface area contributed by atoms with Crippen LogP contribution in [-0.2, 0) is 6.61 Å². The largest absolute Gasteiger partial charge is 0.493 e. The Morgan fingerprint density at radius 1 is 1.30 bits per heavy atom. The average Bonchev–Trinajstić information content (AvgIpc) is 2.53. The van der Waals surface area contributed by atoms with E-state index < -0.39 is 4.92 Å². The molecule has 0 saturated carbocycles. The molecule has 120 valence electrons. The van der Waals surface area contributed by atoms with Gasteiger partial charge in [0.05, 0.1) is 12.0 Å². The van der Waals surface area contributed by atoms with Crippen LogP contribution in [0.1, 0.15) is 11.1 Å². The summed E-state index contributed by atoms with van der Waals surface area (Å²) in [4.78, 5) is 9.85. The Kier molecular flexibility index (Phi) is 5.70. The first-order chi connectivity index (χ1) is 11.0. The smallest absolute Gasteiger partial charge is 0.235 e. The maximum atomic E-state index is 13.6. The number of benzene rings is 2. The van der Waals surface area contributed by atoms with Gasteiger partial charge in [0.2, 0.25) is 6.20 Å². The molecule has 0 N–H and O–H groups in total. The highest BCUT2D eigenvalue weighted by molar-refractivity contribution is 9.10. The molecular formula is C16H13BrFNO4. The highest BCUT2D eigenvalue weighted by Gasteiger charge is 2.11. The van der Waals surface area contributed by atoms with E-state index in [9.17, 15) is 14.5 Å². The van der Waals surface area contributed by atoms with Gasteiger partial charge in [0, 0.05) is 16.1 Å². The molecule has 2 rings (SSSR count). The van der Waals surface area contributed by atoms with E-state index in [1.165, 1.54) is 19.3 Å². The van der Waals surface area contributed by atoms with Crippen LogP contribution in [-0.4, -0.2) is 12.0 Å². The fourth-order valence-electron chi connectivity index (χ4n) is 1.86. The molecule has 0 amide bonds. The lowest BCUT2D eigenvalue weighted by Gasteiger charge is -2.13. The predicted octanol–water partition coefficient (Wildman–Crippen LogP) is 4.42. The lowest BCUT2D eigenvalue weighted by Crippen LogP contribution is -2.00. The minimum Gasteiger partial charge on any atom is -0.493 e. The van der Waals surface area contributed by atoms with Crippen LogP contribution >= 0.6 is 15.9 Å². The second kappa shape index (κ2) is 7.73. The van der Waals surface area contributed by atoms with Crippen molar-refractivity contribution in [1.82, 2.24) is 0 Å². The number of halogens is 2. The van der Waals surface area contributed by atoms with Crippen LogP contribution in [0.3, 0.4) is 0 Å². The van der Waals surface area contributed by atoms with Crippen molar-refractivity contribution in [2.45, 2.75) is 6.61 Å². The van der Waals surface area contributed by atoms with E-state index >= 15 is 0 Å². The van der Waals surface area contributed by atoms with E-state index in [0.29, 0.717) is 27.1 Å². The van der Waals surface area contributed by atoms with Crippen molar-refractivity contribution >= 4 is 22.0 Å². The maximum Gasteiger partial charge on any atom is 0.235 e. The zero-order valence-electron chi connectivity index (χ0n) is 12.2. The number of hydrogen-bond donors (Lipinski definition) is 0.